The molecule has 4 heterocycles. The van der Waals surface area contributed by atoms with Gasteiger partial charge in [-0.3, -0.25) is 9.97 Å². The molecule has 0 N–H and O–H groups in total. The maximum absolute atomic E-state index is 4.58. The molecule has 3 heteroatoms. The zero-order chi connectivity index (χ0) is 22.5. The molecule has 4 aromatic heterocycles. The van der Waals surface area contributed by atoms with Crippen molar-refractivity contribution in [2.24, 2.45) is 23.7 Å². The smallest absolute Gasteiger partial charge is 0.0725 e. The monoisotopic (exact) mass is 451 g/mol. The predicted molar refractivity (Wildman–Crippen MR) is 140 cm³/mol. The fourth-order valence-corrected chi connectivity index (χ4v) is 9.94. The van der Waals surface area contributed by atoms with Gasteiger partial charge in [0.05, 0.1) is 28.9 Å². The lowest BCUT2D eigenvalue weighted by atomic mass is 9.43. The maximum atomic E-state index is 4.58. The molecule has 5 aliphatic carbocycles. The van der Waals surface area contributed by atoms with E-state index >= 15 is 0 Å². The Morgan fingerprint density at radius 3 is 2.17 bits per heavy atom. The molecule has 4 bridgehead atoms. The maximum Gasteiger partial charge on any atom is 0.0725 e. The van der Waals surface area contributed by atoms with Gasteiger partial charge in [0.15, 0.2) is 0 Å². The van der Waals surface area contributed by atoms with E-state index in [9.17, 15) is 0 Å². The Kier molecular flexibility index (Phi) is 2.90. The van der Waals surface area contributed by atoms with Crippen LogP contribution in [-0.2, 0) is 5.41 Å². The summed E-state index contributed by atoms with van der Waals surface area (Å²) < 4.78 is 2.46. The van der Waals surface area contributed by atoms with Crippen molar-refractivity contribution in [3.8, 4) is 11.1 Å². The van der Waals surface area contributed by atoms with Crippen LogP contribution < -0.4 is 0 Å². The number of rotatable bonds is 0. The van der Waals surface area contributed by atoms with Gasteiger partial charge >= 0.3 is 0 Å². The van der Waals surface area contributed by atoms with Crippen LogP contribution in [0, 0.1) is 23.7 Å². The quantitative estimate of drug-likeness (QED) is 0.242. The molecular formula is C32H25N3. The van der Waals surface area contributed by atoms with Crippen molar-refractivity contribution in [1.82, 2.24) is 14.4 Å². The zero-order valence-electron chi connectivity index (χ0n) is 19.5. The lowest BCUT2D eigenvalue weighted by Gasteiger charge is -2.61. The summed E-state index contributed by atoms with van der Waals surface area (Å²) in [5.74, 6) is 3.43. The van der Waals surface area contributed by atoms with E-state index in [1.54, 1.807) is 11.1 Å². The summed E-state index contributed by atoms with van der Waals surface area (Å²) in [6.07, 6.45) is 15.2. The van der Waals surface area contributed by atoms with E-state index in [1.807, 2.05) is 18.6 Å². The van der Waals surface area contributed by atoms with Gasteiger partial charge in [0.1, 0.15) is 0 Å². The van der Waals surface area contributed by atoms with E-state index in [0.717, 1.165) is 23.7 Å². The van der Waals surface area contributed by atoms with E-state index in [4.69, 9.17) is 0 Å². The van der Waals surface area contributed by atoms with Crippen molar-refractivity contribution in [1.29, 1.82) is 0 Å². The number of hydrogen-bond acceptors (Lipinski definition) is 2. The minimum atomic E-state index is 0.160. The third-order valence-corrected chi connectivity index (χ3v) is 10.7. The van der Waals surface area contributed by atoms with Crippen molar-refractivity contribution in [2.75, 3.05) is 0 Å². The first-order valence-corrected chi connectivity index (χ1v) is 13.3. The molecule has 0 amide bonds. The first-order chi connectivity index (χ1) is 17.3. The second-order valence-electron chi connectivity index (χ2n) is 11.9. The Labute approximate surface area is 203 Å². The first kappa shape index (κ1) is 17.9. The molecule has 0 saturated heterocycles. The molecule has 6 aromatic rings. The molecule has 1 spiro atoms. The average molecular weight is 452 g/mol. The van der Waals surface area contributed by atoms with Gasteiger partial charge in [-0.15, -0.1) is 0 Å². The lowest BCUT2D eigenvalue weighted by Crippen LogP contribution is -2.55. The Balaban J connectivity index is 1.48. The second-order valence-corrected chi connectivity index (χ2v) is 11.9. The second kappa shape index (κ2) is 5.67. The predicted octanol–water partition coefficient (Wildman–Crippen LogP) is 7.35. The summed E-state index contributed by atoms with van der Waals surface area (Å²) in [7, 11) is 0. The fourth-order valence-electron chi connectivity index (χ4n) is 9.94. The van der Waals surface area contributed by atoms with Crippen LogP contribution in [0.2, 0.25) is 0 Å². The number of pyridine rings is 2. The summed E-state index contributed by atoms with van der Waals surface area (Å²) in [4.78, 5) is 9.11. The summed E-state index contributed by atoms with van der Waals surface area (Å²) in [5, 5.41) is 5.53. The summed E-state index contributed by atoms with van der Waals surface area (Å²) in [5.41, 5.74) is 10.2. The van der Waals surface area contributed by atoms with Gasteiger partial charge < -0.3 is 4.40 Å². The van der Waals surface area contributed by atoms with Gasteiger partial charge in [-0.05, 0) is 96.2 Å². The highest BCUT2D eigenvalue weighted by molar-refractivity contribution is 6.26. The Morgan fingerprint density at radius 1 is 0.714 bits per heavy atom. The van der Waals surface area contributed by atoms with Crippen LogP contribution in [0.25, 0.3) is 49.2 Å². The van der Waals surface area contributed by atoms with Crippen LogP contribution in [0.15, 0.2) is 67.3 Å². The summed E-state index contributed by atoms with van der Waals surface area (Å²) >= 11 is 0. The summed E-state index contributed by atoms with van der Waals surface area (Å²) in [6, 6.07) is 16.5. The van der Waals surface area contributed by atoms with E-state index in [2.05, 4.69) is 63.0 Å². The molecule has 0 aliphatic heterocycles. The molecule has 2 aromatic carbocycles. The third kappa shape index (κ3) is 1.80. The van der Waals surface area contributed by atoms with Gasteiger partial charge in [-0.1, -0.05) is 24.3 Å². The van der Waals surface area contributed by atoms with Gasteiger partial charge in [-0.2, -0.15) is 0 Å². The molecule has 0 atom stereocenters. The third-order valence-electron chi connectivity index (χ3n) is 10.7. The average Bonchev–Trinajstić information content (AvgIpc) is 3.50. The van der Waals surface area contributed by atoms with E-state index in [-0.39, 0.29) is 5.41 Å². The van der Waals surface area contributed by atoms with Gasteiger partial charge in [0.2, 0.25) is 0 Å². The van der Waals surface area contributed by atoms with E-state index in [0.29, 0.717) is 0 Å². The van der Waals surface area contributed by atoms with Crippen LogP contribution >= 0.6 is 0 Å². The van der Waals surface area contributed by atoms with Crippen LogP contribution in [0.1, 0.15) is 43.2 Å². The van der Waals surface area contributed by atoms with E-state index in [1.165, 1.54) is 81.3 Å². The Hall–Kier alpha value is -3.46. The first-order valence-electron chi connectivity index (χ1n) is 13.3. The largest absolute Gasteiger partial charge is 0.305 e. The van der Waals surface area contributed by atoms with Gasteiger partial charge in [0.25, 0.3) is 0 Å². The molecule has 3 nitrogen and oxygen atoms in total. The number of benzene rings is 2. The van der Waals surface area contributed by atoms with Crippen molar-refractivity contribution < 1.29 is 0 Å². The van der Waals surface area contributed by atoms with Crippen LogP contribution in [0.4, 0.5) is 0 Å². The van der Waals surface area contributed by atoms with Crippen LogP contribution in [-0.4, -0.2) is 14.4 Å². The minimum Gasteiger partial charge on any atom is -0.305 e. The SMILES string of the molecule is c1ccc2c(c1)-c1cc3c4ccncc4n4c5cnccc5c(c1C21C2CC5CC(C2)CC1C5)c34. The highest BCUT2D eigenvalue weighted by Crippen LogP contribution is 2.70. The molecule has 4 fully saturated rings. The lowest BCUT2D eigenvalue weighted by molar-refractivity contribution is -0.0393. The fraction of sp³-hybridized carbons (Fsp3) is 0.312. The highest BCUT2D eigenvalue weighted by Gasteiger charge is 2.62. The van der Waals surface area contributed by atoms with Crippen LogP contribution in [0.5, 0.6) is 0 Å². The molecule has 11 rings (SSSR count). The highest BCUT2D eigenvalue weighted by atomic mass is 14.9. The molecule has 0 unspecified atom stereocenters. The van der Waals surface area contributed by atoms with Gasteiger partial charge in [0, 0.05) is 39.4 Å². The number of hydrogen-bond donors (Lipinski definition) is 0. The standard InChI is InChI=1S/C32H25N3/c1-2-4-26-21(3-1)24-14-25-22-5-7-33-15-27(22)35-28-16-34-8-6-23(28)29(31(25)35)30(24)32(26)19-10-17-9-18(12-19)13-20(32)11-17/h1-8,14-20H,9-13H2. The van der Waals surface area contributed by atoms with Crippen molar-refractivity contribution in [3.63, 3.8) is 0 Å². The Bertz CT molecular complexity index is 1850. The zero-order valence-corrected chi connectivity index (χ0v) is 19.5. The topological polar surface area (TPSA) is 30.2 Å². The molecule has 4 saturated carbocycles. The van der Waals surface area contributed by atoms with Crippen molar-refractivity contribution in [2.45, 2.75) is 37.5 Å². The number of nitrogens with zero attached hydrogens (tertiary/aromatic N) is 3. The number of fused-ring (bicyclic) bond motifs is 10. The van der Waals surface area contributed by atoms with Crippen molar-refractivity contribution >= 4 is 38.1 Å². The van der Waals surface area contributed by atoms with E-state index < -0.39 is 0 Å². The number of aromatic nitrogens is 3. The molecule has 0 radical (unpaired) electrons. The van der Waals surface area contributed by atoms with Crippen molar-refractivity contribution in [3.05, 3.63) is 78.4 Å². The van der Waals surface area contributed by atoms with Gasteiger partial charge in [-0.25, -0.2) is 0 Å². The molecular weight excluding hydrogens is 426 g/mol. The van der Waals surface area contributed by atoms with Crippen LogP contribution in [0.3, 0.4) is 0 Å². The minimum absolute atomic E-state index is 0.160. The normalized spacial score (nSPS) is 30.4. The molecule has 168 valence electrons. The Morgan fingerprint density at radius 2 is 1.40 bits per heavy atom. The molecule has 35 heavy (non-hydrogen) atoms. The molecule has 5 aliphatic rings. The summed E-state index contributed by atoms with van der Waals surface area (Å²) in [6.45, 7) is 0.